The lowest BCUT2D eigenvalue weighted by Crippen LogP contribution is -2.27. The van der Waals surface area contributed by atoms with E-state index in [1.54, 1.807) is 0 Å². The molecule has 1 aromatic rings. The topological polar surface area (TPSA) is 25.8 Å². The van der Waals surface area contributed by atoms with Gasteiger partial charge in [-0.05, 0) is 48.3 Å². The third-order valence-electron chi connectivity index (χ3n) is 2.96. The Labute approximate surface area is 109 Å². The first-order chi connectivity index (χ1) is 7.47. The molecule has 0 radical (unpaired) electrons. The van der Waals surface area contributed by atoms with E-state index in [2.05, 4.69) is 32.8 Å². The van der Waals surface area contributed by atoms with Crippen molar-refractivity contribution in [2.75, 3.05) is 0 Å². The van der Waals surface area contributed by atoms with E-state index in [9.17, 15) is 13.2 Å². The Morgan fingerprint density at radius 1 is 1.12 bits per heavy atom. The Morgan fingerprint density at radius 3 is 2.19 bits per heavy atom. The Morgan fingerprint density at radius 2 is 1.75 bits per heavy atom. The first-order valence-corrected chi connectivity index (χ1v) is 6.92. The lowest BCUT2D eigenvalue weighted by molar-refractivity contribution is -0.182. The number of aromatic nitrogens is 2. The molecule has 1 heterocycles. The molecule has 0 aliphatic heterocycles. The summed E-state index contributed by atoms with van der Waals surface area (Å²) < 4.78 is 38.2. The Kier molecular flexibility index (Phi) is 3.72. The van der Waals surface area contributed by atoms with Crippen molar-refractivity contribution in [1.82, 2.24) is 10.2 Å². The molecule has 90 valence electrons. The number of hydrogen-bond donors (Lipinski definition) is 0. The van der Waals surface area contributed by atoms with Gasteiger partial charge in [-0.25, -0.2) is 0 Å². The average Bonchev–Trinajstić information content (AvgIpc) is 2.64. The fraction of sp³-hybridized carbons (Fsp3) is 0.778. The molecule has 1 aliphatic carbocycles. The van der Waals surface area contributed by atoms with Crippen molar-refractivity contribution >= 4 is 33.9 Å². The molecule has 0 atom stereocenters. The van der Waals surface area contributed by atoms with E-state index in [4.69, 9.17) is 0 Å². The van der Waals surface area contributed by atoms with Gasteiger partial charge in [-0.2, -0.15) is 13.2 Å². The summed E-state index contributed by atoms with van der Waals surface area (Å²) in [7, 11) is 0. The quantitative estimate of drug-likeness (QED) is 0.707. The maximum atomic E-state index is 12.4. The highest BCUT2D eigenvalue weighted by molar-refractivity contribution is 14.1. The van der Waals surface area contributed by atoms with Crippen molar-refractivity contribution in [2.45, 2.75) is 37.8 Å². The highest BCUT2D eigenvalue weighted by Gasteiger charge is 2.41. The molecule has 0 spiro atoms. The van der Waals surface area contributed by atoms with Crippen LogP contribution in [0.3, 0.4) is 0 Å². The smallest absolute Gasteiger partial charge is 0.171 e. The first-order valence-electron chi connectivity index (χ1n) is 5.02. The van der Waals surface area contributed by atoms with Crippen LogP contribution in [0.4, 0.5) is 13.2 Å². The van der Waals surface area contributed by atoms with Crippen molar-refractivity contribution in [3.8, 4) is 0 Å². The molecule has 0 saturated heterocycles. The predicted octanol–water partition coefficient (Wildman–Crippen LogP) is 3.98. The summed E-state index contributed by atoms with van der Waals surface area (Å²) in [5.41, 5.74) is 0. The molecule has 0 unspecified atom stereocenters. The molecule has 1 fully saturated rings. The van der Waals surface area contributed by atoms with Crippen molar-refractivity contribution in [3.63, 3.8) is 0 Å². The standard InChI is InChI=1S/C9H10F3IN2S/c10-9(11,12)6-3-1-5(2-4-6)7-14-15-8(13)16-7/h5-6H,1-4H2. The Balaban J connectivity index is 1.95. The molecular weight excluding hydrogens is 352 g/mol. The maximum absolute atomic E-state index is 12.4. The summed E-state index contributed by atoms with van der Waals surface area (Å²) in [4.78, 5) is 0. The van der Waals surface area contributed by atoms with Crippen LogP contribution in [0.2, 0.25) is 0 Å². The molecule has 16 heavy (non-hydrogen) atoms. The molecular formula is C9H10F3IN2S. The second-order valence-corrected chi connectivity index (χ2v) is 6.75. The van der Waals surface area contributed by atoms with E-state index in [0.29, 0.717) is 12.8 Å². The lowest BCUT2D eigenvalue weighted by atomic mass is 9.82. The zero-order chi connectivity index (χ0) is 11.8. The average molecular weight is 362 g/mol. The second-order valence-electron chi connectivity index (χ2n) is 3.98. The van der Waals surface area contributed by atoms with Gasteiger partial charge in [0.25, 0.3) is 0 Å². The third-order valence-corrected chi connectivity index (χ3v) is 4.71. The normalized spacial score (nSPS) is 27.0. The van der Waals surface area contributed by atoms with Gasteiger partial charge in [-0.3, -0.25) is 0 Å². The molecule has 2 rings (SSSR count). The van der Waals surface area contributed by atoms with Gasteiger partial charge in [0.15, 0.2) is 3.01 Å². The molecule has 0 amide bonds. The molecule has 1 aromatic heterocycles. The fourth-order valence-corrected chi connectivity index (χ4v) is 3.57. The van der Waals surface area contributed by atoms with E-state index in [1.165, 1.54) is 11.3 Å². The number of rotatable bonds is 1. The Hall–Kier alpha value is 0.0800. The van der Waals surface area contributed by atoms with Crippen molar-refractivity contribution in [3.05, 3.63) is 8.02 Å². The van der Waals surface area contributed by atoms with Gasteiger partial charge < -0.3 is 0 Å². The van der Waals surface area contributed by atoms with Crippen LogP contribution in [0.1, 0.15) is 36.6 Å². The van der Waals surface area contributed by atoms with Crippen molar-refractivity contribution < 1.29 is 13.2 Å². The number of halogens is 4. The van der Waals surface area contributed by atoms with Gasteiger partial charge in [0.2, 0.25) is 0 Å². The highest BCUT2D eigenvalue weighted by atomic mass is 127. The summed E-state index contributed by atoms with van der Waals surface area (Å²) in [5.74, 6) is -0.935. The minimum Gasteiger partial charge on any atom is -0.171 e. The summed E-state index contributed by atoms with van der Waals surface area (Å²) >= 11 is 3.56. The molecule has 2 nitrogen and oxygen atoms in total. The summed E-state index contributed by atoms with van der Waals surface area (Å²) in [6.07, 6.45) is -2.42. The van der Waals surface area contributed by atoms with E-state index < -0.39 is 12.1 Å². The summed E-state index contributed by atoms with van der Waals surface area (Å²) in [6, 6.07) is 0. The van der Waals surface area contributed by atoms with Crippen LogP contribution in [-0.2, 0) is 0 Å². The molecule has 1 aliphatic rings. The van der Waals surface area contributed by atoms with Crippen molar-refractivity contribution in [1.29, 1.82) is 0 Å². The molecule has 0 bridgehead atoms. The van der Waals surface area contributed by atoms with E-state index in [1.807, 2.05) is 0 Å². The van der Waals surface area contributed by atoms with Crippen LogP contribution < -0.4 is 0 Å². The predicted molar refractivity (Wildman–Crippen MR) is 63.4 cm³/mol. The monoisotopic (exact) mass is 362 g/mol. The van der Waals surface area contributed by atoms with Gasteiger partial charge in [0, 0.05) is 5.92 Å². The summed E-state index contributed by atoms with van der Waals surface area (Å²) in [6.45, 7) is 0. The minimum absolute atomic E-state index is 0.180. The third kappa shape index (κ3) is 2.85. The SMILES string of the molecule is FC(F)(F)C1CCC(c2nnc(I)s2)CC1. The zero-order valence-corrected chi connectivity index (χ0v) is 11.3. The number of hydrogen-bond acceptors (Lipinski definition) is 3. The molecule has 0 N–H and O–H groups in total. The van der Waals surface area contributed by atoms with Crippen LogP contribution in [0, 0.1) is 8.93 Å². The van der Waals surface area contributed by atoms with E-state index in [-0.39, 0.29) is 18.8 Å². The van der Waals surface area contributed by atoms with Gasteiger partial charge in [0.05, 0.1) is 5.92 Å². The second kappa shape index (κ2) is 4.75. The van der Waals surface area contributed by atoms with E-state index >= 15 is 0 Å². The van der Waals surface area contributed by atoms with Crippen LogP contribution in [0.5, 0.6) is 0 Å². The van der Waals surface area contributed by atoms with Gasteiger partial charge in [0.1, 0.15) is 5.01 Å². The van der Waals surface area contributed by atoms with Crippen LogP contribution in [0.15, 0.2) is 0 Å². The van der Waals surface area contributed by atoms with Gasteiger partial charge in [-0.1, -0.05) is 11.3 Å². The van der Waals surface area contributed by atoms with Crippen molar-refractivity contribution in [2.24, 2.45) is 5.92 Å². The number of alkyl halides is 3. The first kappa shape index (κ1) is 12.5. The molecule has 1 saturated carbocycles. The number of nitrogens with zero attached hydrogens (tertiary/aromatic N) is 2. The van der Waals surface area contributed by atoms with E-state index in [0.717, 1.165) is 8.02 Å². The Bertz CT molecular complexity index is 358. The lowest BCUT2D eigenvalue weighted by Gasteiger charge is -2.28. The summed E-state index contributed by atoms with van der Waals surface area (Å²) in [5, 5.41) is 8.79. The maximum Gasteiger partial charge on any atom is 0.391 e. The minimum atomic E-state index is -4.03. The highest BCUT2D eigenvalue weighted by Crippen LogP contribution is 2.43. The fourth-order valence-electron chi connectivity index (χ4n) is 2.05. The largest absolute Gasteiger partial charge is 0.391 e. The van der Waals surface area contributed by atoms with Gasteiger partial charge >= 0.3 is 6.18 Å². The molecule has 7 heteroatoms. The zero-order valence-electron chi connectivity index (χ0n) is 8.30. The molecule has 0 aromatic carbocycles. The van der Waals surface area contributed by atoms with Gasteiger partial charge in [-0.15, -0.1) is 10.2 Å². The van der Waals surface area contributed by atoms with Crippen LogP contribution in [0.25, 0.3) is 0 Å². The van der Waals surface area contributed by atoms with Crippen LogP contribution in [-0.4, -0.2) is 16.4 Å². The van der Waals surface area contributed by atoms with Crippen LogP contribution >= 0.6 is 33.9 Å².